The normalized spacial score (nSPS) is 19.4. The summed E-state index contributed by atoms with van der Waals surface area (Å²) >= 11 is 0. The van der Waals surface area contributed by atoms with Gasteiger partial charge in [0.1, 0.15) is 17.5 Å². The van der Waals surface area contributed by atoms with Crippen LogP contribution in [0.2, 0.25) is 0 Å². The highest BCUT2D eigenvalue weighted by Crippen LogP contribution is 2.56. The van der Waals surface area contributed by atoms with E-state index in [4.69, 9.17) is 10.00 Å². The number of nitrogens with zero attached hydrogens (tertiary/aromatic N) is 4. The van der Waals surface area contributed by atoms with Crippen molar-refractivity contribution < 1.29 is 9.84 Å². The smallest absolute Gasteiger partial charge is 0.143 e. The summed E-state index contributed by atoms with van der Waals surface area (Å²) in [4.78, 5) is 10.7. The third kappa shape index (κ3) is 2.69. The summed E-state index contributed by atoms with van der Waals surface area (Å²) in [7, 11) is 1.62. The van der Waals surface area contributed by atoms with Crippen LogP contribution in [0.3, 0.4) is 0 Å². The van der Waals surface area contributed by atoms with Crippen molar-refractivity contribution in [3.63, 3.8) is 0 Å². The number of aryl methyl sites for hydroxylation is 1. The molecule has 1 spiro atoms. The van der Waals surface area contributed by atoms with Crippen molar-refractivity contribution in [1.82, 2.24) is 9.97 Å². The average molecular weight is 350 g/mol. The van der Waals surface area contributed by atoms with Gasteiger partial charge in [0.15, 0.2) is 0 Å². The molecule has 1 unspecified atom stereocenters. The molecule has 0 amide bonds. The van der Waals surface area contributed by atoms with Crippen molar-refractivity contribution in [2.75, 3.05) is 25.1 Å². The quantitative estimate of drug-likeness (QED) is 0.913. The van der Waals surface area contributed by atoms with Crippen LogP contribution in [0.15, 0.2) is 30.7 Å². The van der Waals surface area contributed by atoms with Crippen LogP contribution in [0.25, 0.3) is 0 Å². The predicted molar refractivity (Wildman–Crippen MR) is 96.8 cm³/mol. The van der Waals surface area contributed by atoms with Crippen molar-refractivity contribution >= 4 is 5.69 Å². The Balaban J connectivity index is 1.37. The summed E-state index contributed by atoms with van der Waals surface area (Å²) in [6.07, 6.45) is 6.64. The van der Waals surface area contributed by atoms with E-state index in [2.05, 4.69) is 20.9 Å². The number of ether oxygens (including phenoxy) is 1. The first-order valence-corrected chi connectivity index (χ1v) is 8.83. The molecule has 1 saturated carbocycles. The highest BCUT2D eigenvalue weighted by atomic mass is 16.5. The number of pyridine rings is 2. The molecule has 26 heavy (non-hydrogen) atoms. The zero-order valence-corrected chi connectivity index (χ0v) is 15.0. The fourth-order valence-corrected chi connectivity index (χ4v) is 4.39. The van der Waals surface area contributed by atoms with Gasteiger partial charge in [0, 0.05) is 36.5 Å². The van der Waals surface area contributed by atoms with E-state index in [0.717, 1.165) is 42.7 Å². The lowest BCUT2D eigenvalue weighted by Crippen LogP contribution is -2.63. The molecule has 1 aliphatic carbocycles. The largest absolute Gasteiger partial charge is 0.496 e. The predicted octanol–water partition coefficient (Wildman–Crippen LogP) is 2.62. The van der Waals surface area contributed by atoms with Crippen LogP contribution < -0.4 is 9.64 Å². The van der Waals surface area contributed by atoms with E-state index in [9.17, 15) is 5.11 Å². The van der Waals surface area contributed by atoms with Gasteiger partial charge in [-0.05, 0) is 43.4 Å². The summed E-state index contributed by atoms with van der Waals surface area (Å²) < 4.78 is 5.34. The van der Waals surface area contributed by atoms with Gasteiger partial charge in [-0.1, -0.05) is 0 Å². The molecule has 134 valence electrons. The molecule has 1 aliphatic heterocycles. The summed E-state index contributed by atoms with van der Waals surface area (Å²) in [5.74, 6) is 0.943. The molecule has 2 fully saturated rings. The minimum Gasteiger partial charge on any atom is -0.496 e. The Hall–Kier alpha value is -2.65. The van der Waals surface area contributed by atoms with Crippen LogP contribution in [-0.4, -0.2) is 35.3 Å². The second kappa shape index (κ2) is 6.26. The Bertz CT molecular complexity index is 862. The van der Waals surface area contributed by atoms with Crippen molar-refractivity contribution in [3.05, 3.63) is 47.5 Å². The third-order valence-corrected chi connectivity index (χ3v) is 5.77. The van der Waals surface area contributed by atoms with Gasteiger partial charge in [-0.25, -0.2) is 4.98 Å². The van der Waals surface area contributed by atoms with Gasteiger partial charge in [0.25, 0.3) is 0 Å². The van der Waals surface area contributed by atoms with E-state index < -0.39 is 6.10 Å². The fraction of sp³-hybridized carbons (Fsp3) is 0.450. The number of hydrogen-bond acceptors (Lipinski definition) is 6. The van der Waals surface area contributed by atoms with Crippen LogP contribution in [0.4, 0.5) is 5.69 Å². The number of aromatic nitrogens is 2. The average Bonchev–Trinajstić information content (AvgIpc) is 2.59. The maximum Gasteiger partial charge on any atom is 0.143 e. The number of anilines is 1. The van der Waals surface area contributed by atoms with Crippen molar-refractivity contribution in [2.24, 2.45) is 11.3 Å². The number of rotatable bonds is 4. The summed E-state index contributed by atoms with van der Waals surface area (Å²) in [5.41, 5.74) is 3.55. The Labute approximate surface area is 153 Å². The lowest BCUT2D eigenvalue weighted by Gasteiger charge is -2.60. The molecule has 0 aromatic carbocycles. The molecular formula is C20H22N4O2. The Morgan fingerprint density at radius 2 is 2.15 bits per heavy atom. The third-order valence-electron chi connectivity index (χ3n) is 5.77. The van der Waals surface area contributed by atoms with E-state index in [1.165, 1.54) is 0 Å². The first kappa shape index (κ1) is 16.8. The van der Waals surface area contributed by atoms with Crippen molar-refractivity contribution in [1.29, 1.82) is 5.26 Å². The molecule has 6 nitrogen and oxygen atoms in total. The topological polar surface area (TPSA) is 82.3 Å². The van der Waals surface area contributed by atoms with Gasteiger partial charge < -0.3 is 14.7 Å². The molecule has 1 atom stereocenters. The van der Waals surface area contributed by atoms with Gasteiger partial charge in [-0.3, -0.25) is 4.98 Å². The lowest BCUT2D eigenvalue weighted by atomic mass is 9.55. The summed E-state index contributed by atoms with van der Waals surface area (Å²) in [6, 6.07) is 5.93. The fourth-order valence-electron chi connectivity index (χ4n) is 4.39. The molecular weight excluding hydrogens is 328 g/mol. The first-order valence-electron chi connectivity index (χ1n) is 8.83. The van der Waals surface area contributed by atoms with Crippen LogP contribution in [0.1, 0.15) is 35.8 Å². The first-order chi connectivity index (χ1) is 12.5. The monoisotopic (exact) mass is 350 g/mol. The lowest BCUT2D eigenvalue weighted by molar-refractivity contribution is -0.0516. The van der Waals surface area contributed by atoms with Crippen LogP contribution >= 0.6 is 0 Å². The molecule has 2 aromatic heterocycles. The van der Waals surface area contributed by atoms with E-state index in [-0.39, 0.29) is 5.92 Å². The van der Waals surface area contributed by atoms with E-state index in [0.29, 0.717) is 16.9 Å². The second-order valence-corrected chi connectivity index (χ2v) is 7.56. The van der Waals surface area contributed by atoms with E-state index in [1.54, 1.807) is 31.8 Å². The van der Waals surface area contributed by atoms with Gasteiger partial charge in [0.05, 0.1) is 25.1 Å². The van der Waals surface area contributed by atoms with Crippen molar-refractivity contribution in [2.45, 2.75) is 25.9 Å². The molecule has 1 N–H and O–H groups in total. The van der Waals surface area contributed by atoms with Crippen LogP contribution in [0, 0.1) is 29.6 Å². The Morgan fingerprint density at radius 1 is 1.38 bits per heavy atom. The molecule has 0 radical (unpaired) electrons. The van der Waals surface area contributed by atoms with Gasteiger partial charge in [0.2, 0.25) is 0 Å². The standard InChI is InChI=1S/C20H22N4O2/c1-13-5-15(9-23-17(13)8-21)24-11-20(12-24)6-14(7-20)19(25)16-10-22-4-3-18(16)26-2/h3-5,9-10,14,19,25H,6-7,11-12H2,1-2H3. The zero-order chi connectivity index (χ0) is 18.3. The minimum absolute atomic E-state index is 0.246. The minimum atomic E-state index is -0.530. The number of aliphatic hydroxyl groups excluding tert-OH is 1. The Kier molecular flexibility index (Phi) is 4.04. The summed E-state index contributed by atoms with van der Waals surface area (Å²) in [6.45, 7) is 3.88. The molecule has 4 rings (SSSR count). The number of hydrogen-bond donors (Lipinski definition) is 1. The van der Waals surface area contributed by atoms with Gasteiger partial charge in [-0.2, -0.15) is 5.26 Å². The molecule has 1 saturated heterocycles. The van der Waals surface area contributed by atoms with E-state index in [1.807, 2.05) is 13.0 Å². The van der Waals surface area contributed by atoms with Crippen LogP contribution in [0.5, 0.6) is 5.75 Å². The van der Waals surface area contributed by atoms with Crippen molar-refractivity contribution in [3.8, 4) is 11.8 Å². The molecule has 2 aliphatic rings. The van der Waals surface area contributed by atoms with E-state index >= 15 is 0 Å². The second-order valence-electron chi connectivity index (χ2n) is 7.56. The van der Waals surface area contributed by atoms with Gasteiger partial charge >= 0.3 is 0 Å². The molecule has 2 aromatic rings. The maximum atomic E-state index is 10.7. The highest BCUT2D eigenvalue weighted by Gasteiger charge is 2.54. The Morgan fingerprint density at radius 3 is 2.81 bits per heavy atom. The summed E-state index contributed by atoms with van der Waals surface area (Å²) in [5, 5.41) is 19.7. The maximum absolute atomic E-state index is 10.7. The van der Waals surface area contributed by atoms with Crippen LogP contribution in [-0.2, 0) is 0 Å². The zero-order valence-electron chi connectivity index (χ0n) is 15.0. The number of methoxy groups -OCH3 is 1. The number of aliphatic hydroxyl groups is 1. The molecule has 3 heterocycles. The number of nitriles is 1. The highest BCUT2D eigenvalue weighted by molar-refractivity contribution is 5.52. The SMILES string of the molecule is COc1ccncc1C(O)C1CC2(C1)CN(c1cnc(C#N)c(C)c1)C2. The van der Waals surface area contributed by atoms with Gasteiger partial charge in [-0.15, -0.1) is 0 Å². The molecule has 6 heteroatoms. The molecule has 0 bridgehead atoms.